The molecule has 2 aromatic rings. The summed E-state index contributed by atoms with van der Waals surface area (Å²) in [5.74, 6) is 0. The Hall–Kier alpha value is -0.840. The van der Waals surface area contributed by atoms with Gasteiger partial charge < -0.3 is 5.32 Å². The van der Waals surface area contributed by atoms with Crippen LogP contribution in [0.15, 0.2) is 18.3 Å². The Balaban J connectivity index is 2.13. The molecule has 0 amide bonds. The Morgan fingerprint density at radius 2 is 2.31 bits per heavy atom. The van der Waals surface area contributed by atoms with Gasteiger partial charge in [-0.05, 0) is 26.1 Å². The smallest absolute Gasteiger partial charge is 0.0931 e. The molecule has 0 aliphatic heterocycles. The first kappa shape index (κ1) is 11.6. The quantitative estimate of drug-likeness (QED) is 0.910. The van der Waals surface area contributed by atoms with Gasteiger partial charge in [-0.25, -0.2) is 0 Å². The van der Waals surface area contributed by atoms with E-state index in [0.717, 1.165) is 23.1 Å². The molecule has 86 valence electrons. The number of hydrogen-bond donors (Lipinski definition) is 1. The highest BCUT2D eigenvalue weighted by Crippen LogP contribution is 2.22. The van der Waals surface area contributed by atoms with E-state index in [0.29, 0.717) is 0 Å². The van der Waals surface area contributed by atoms with Gasteiger partial charge in [0, 0.05) is 23.2 Å². The van der Waals surface area contributed by atoms with E-state index in [1.807, 2.05) is 30.8 Å². The zero-order valence-corrected chi connectivity index (χ0v) is 10.9. The van der Waals surface area contributed by atoms with Crippen LogP contribution < -0.4 is 5.32 Å². The maximum Gasteiger partial charge on any atom is 0.0931 e. The van der Waals surface area contributed by atoms with Crippen molar-refractivity contribution in [3.8, 4) is 0 Å². The third-order valence-electron chi connectivity index (χ3n) is 2.36. The van der Waals surface area contributed by atoms with E-state index in [2.05, 4.69) is 16.6 Å². The summed E-state index contributed by atoms with van der Waals surface area (Å²) >= 11 is 7.49. The van der Waals surface area contributed by atoms with Crippen LogP contribution in [0.5, 0.6) is 0 Å². The summed E-state index contributed by atoms with van der Waals surface area (Å²) < 4.78 is 2.79. The van der Waals surface area contributed by atoms with E-state index < -0.39 is 0 Å². The zero-order chi connectivity index (χ0) is 11.5. The average Bonchev–Trinajstić information content (AvgIpc) is 2.76. The second-order valence-electron chi connectivity index (χ2n) is 3.67. The molecule has 16 heavy (non-hydrogen) atoms. The molecule has 0 spiro atoms. The molecule has 0 aliphatic rings. The molecule has 1 N–H and O–H groups in total. The zero-order valence-electron chi connectivity index (χ0n) is 9.33. The summed E-state index contributed by atoms with van der Waals surface area (Å²) in [4.78, 5) is 1.23. The van der Waals surface area contributed by atoms with E-state index >= 15 is 0 Å². The molecule has 0 bridgehead atoms. The molecule has 2 heterocycles. The minimum absolute atomic E-state index is 0.794. The predicted octanol–water partition coefficient (Wildman–Crippen LogP) is 2.67. The molecule has 0 saturated carbocycles. The SMILES string of the molecule is CNCc1cn(Cc2ccc(Cl)s2)nc1C. The van der Waals surface area contributed by atoms with Crippen molar-refractivity contribution in [2.45, 2.75) is 20.0 Å². The van der Waals surface area contributed by atoms with Crippen LogP contribution in [0.1, 0.15) is 16.1 Å². The molecule has 5 heteroatoms. The molecular weight excluding hydrogens is 242 g/mol. The summed E-state index contributed by atoms with van der Waals surface area (Å²) in [6.07, 6.45) is 2.08. The number of aryl methyl sites for hydroxylation is 1. The first-order valence-corrected chi connectivity index (χ1v) is 6.30. The van der Waals surface area contributed by atoms with E-state index in [9.17, 15) is 0 Å². The van der Waals surface area contributed by atoms with E-state index in [4.69, 9.17) is 11.6 Å². The van der Waals surface area contributed by atoms with Gasteiger partial charge in [0.2, 0.25) is 0 Å². The van der Waals surface area contributed by atoms with Crippen LogP contribution in [-0.4, -0.2) is 16.8 Å². The van der Waals surface area contributed by atoms with Gasteiger partial charge in [0.15, 0.2) is 0 Å². The summed E-state index contributed by atoms with van der Waals surface area (Å²) in [6.45, 7) is 3.68. The molecule has 2 aromatic heterocycles. The van der Waals surface area contributed by atoms with Gasteiger partial charge in [-0.1, -0.05) is 11.6 Å². The van der Waals surface area contributed by atoms with Crippen molar-refractivity contribution in [2.75, 3.05) is 7.05 Å². The van der Waals surface area contributed by atoms with E-state index in [1.54, 1.807) is 11.3 Å². The largest absolute Gasteiger partial charge is 0.316 e. The molecule has 0 radical (unpaired) electrons. The summed E-state index contributed by atoms with van der Waals surface area (Å²) in [6, 6.07) is 3.97. The number of nitrogens with zero attached hydrogens (tertiary/aromatic N) is 2. The van der Waals surface area contributed by atoms with Crippen molar-refractivity contribution in [3.05, 3.63) is 38.8 Å². The second-order valence-corrected chi connectivity index (χ2v) is 5.47. The third-order valence-corrected chi connectivity index (χ3v) is 3.58. The van der Waals surface area contributed by atoms with Gasteiger partial charge >= 0.3 is 0 Å². The second kappa shape index (κ2) is 4.99. The third kappa shape index (κ3) is 2.64. The summed E-state index contributed by atoms with van der Waals surface area (Å²) in [5.41, 5.74) is 2.32. The van der Waals surface area contributed by atoms with Gasteiger partial charge in [0.25, 0.3) is 0 Å². The van der Waals surface area contributed by atoms with Gasteiger partial charge in [-0.15, -0.1) is 11.3 Å². The van der Waals surface area contributed by atoms with Crippen molar-refractivity contribution in [1.29, 1.82) is 0 Å². The lowest BCUT2D eigenvalue weighted by molar-refractivity contribution is 0.686. The Morgan fingerprint density at radius 1 is 1.50 bits per heavy atom. The molecule has 0 unspecified atom stereocenters. The van der Waals surface area contributed by atoms with Crippen molar-refractivity contribution < 1.29 is 0 Å². The molecule has 0 aliphatic carbocycles. The minimum Gasteiger partial charge on any atom is -0.316 e. The fourth-order valence-corrected chi connectivity index (χ4v) is 2.68. The Kier molecular flexibility index (Phi) is 3.63. The number of thiophene rings is 1. The lowest BCUT2D eigenvalue weighted by Gasteiger charge is -1.97. The molecule has 0 atom stereocenters. The van der Waals surface area contributed by atoms with Crippen LogP contribution in [0.25, 0.3) is 0 Å². The highest BCUT2D eigenvalue weighted by atomic mass is 35.5. The molecule has 2 rings (SSSR count). The Bertz CT molecular complexity index is 475. The molecule has 0 saturated heterocycles. The average molecular weight is 256 g/mol. The number of nitrogens with one attached hydrogen (secondary N) is 1. The van der Waals surface area contributed by atoms with E-state index in [-0.39, 0.29) is 0 Å². The maximum absolute atomic E-state index is 5.89. The monoisotopic (exact) mass is 255 g/mol. The van der Waals surface area contributed by atoms with Gasteiger partial charge in [-0.3, -0.25) is 4.68 Å². The normalized spacial score (nSPS) is 10.9. The van der Waals surface area contributed by atoms with Crippen molar-refractivity contribution in [3.63, 3.8) is 0 Å². The topological polar surface area (TPSA) is 29.9 Å². The van der Waals surface area contributed by atoms with Crippen LogP contribution in [0.3, 0.4) is 0 Å². The standard InChI is InChI=1S/C11H14ClN3S/c1-8-9(5-13-2)6-15(14-8)7-10-3-4-11(12)16-10/h3-4,6,13H,5,7H2,1-2H3. The van der Waals surface area contributed by atoms with Crippen LogP contribution >= 0.6 is 22.9 Å². The fourth-order valence-electron chi connectivity index (χ4n) is 1.60. The first-order chi connectivity index (χ1) is 7.69. The summed E-state index contributed by atoms with van der Waals surface area (Å²) in [7, 11) is 1.94. The minimum atomic E-state index is 0.794. The molecular formula is C11H14ClN3S. The van der Waals surface area contributed by atoms with Crippen molar-refractivity contribution >= 4 is 22.9 Å². The van der Waals surface area contributed by atoms with Crippen molar-refractivity contribution in [1.82, 2.24) is 15.1 Å². The number of halogens is 1. The van der Waals surface area contributed by atoms with Gasteiger partial charge in [0.1, 0.15) is 0 Å². The number of aromatic nitrogens is 2. The maximum atomic E-state index is 5.89. The Morgan fingerprint density at radius 3 is 2.94 bits per heavy atom. The molecule has 0 aromatic carbocycles. The van der Waals surface area contributed by atoms with Gasteiger partial charge in [0.05, 0.1) is 16.6 Å². The molecule has 3 nitrogen and oxygen atoms in total. The lowest BCUT2D eigenvalue weighted by Crippen LogP contribution is -2.05. The van der Waals surface area contributed by atoms with Crippen LogP contribution in [0.4, 0.5) is 0 Å². The van der Waals surface area contributed by atoms with Crippen LogP contribution in [0.2, 0.25) is 4.34 Å². The highest BCUT2D eigenvalue weighted by Gasteiger charge is 2.05. The summed E-state index contributed by atoms with van der Waals surface area (Å²) in [5, 5.41) is 7.61. The van der Waals surface area contributed by atoms with Gasteiger partial charge in [-0.2, -0.15) is 5.10 Å². The van der Waals surface area contributed by atoms with E-state index in [1.165, 1.54) is 10.4 Å². The fraction of sp³-hybridized carbons (Fsp3) is 0.364. The first-order valence-electron chi connectivity index (χ1n) is 5.11. The number of rotatable bonds is 4. The van der Waals surface area contributed by atoms with Crippen molar-refractivity contribution in [2.24, 2.45) is 0 Å². The predicted molar refractivity (Wildman–Crippen MR) is 68.2 cm³/mol. The Labute approximate surface area is 104 Å². The lowest BCUT2D eigenvalue weighted by atomic mass is 10.3. The van der Waals surface area contributed by atoms with Crippen LogP contribution in [-0.2, 0) is 13.1 Å². The highest BCUT2D eigenvalue weighted by molar-refractivity contribution is 7.16. The molecule has 0 fully saturated rings. The number of hydrogen-bond acceptors (Lipinski definition) is 3. The van der Waals surface area contributed by atoms with Crippen LogP contribution in [0, 0.1) is 6.92 Å².